The summed E-state index contributed by atoms with van der Waals surface area (Å²) in [4.78, 5) is 22.6. The zero-order valence-electron chi connectivity index (χ0n) is 7.90. The van der Waals surface area contributed by atoms with E-state index in [9.17, 15) is 18.4 Å². The number of rotatable bonds is 3. The van der Waals surface area contributed by atoms with Crippen molar-refractivity contribution in [2.75, 3.05) is 13.1 Å². The molecule has 0 aliphatic carbocycles. The first kappa shape index (κ1) is 11.6. The number of alkyl halides is 2. The lowest BCUT2D eigenvalue weighted by molar-refractivity contribution is -0.132. The molecule has 1 fully saturated rings. The number of carboxylic acids is 1. The average Bonchev–Trinajstić information content (AvgIpc) is 2.62. The fourth-order valence-electron chi connectivity index (χ4n) is 1.44. The summed E-state index contributed by atoms with van der Waals surface area (Å²) in [7, 11) is 0. The lowest BCUT2D eigenvalue weighted by Gasteiger charge is -2.13. The summed E-state index contributed by atoms with van der Waals surface area (Å²) < 4.78 is 24.5. The fourth-order valence-corrected chi connectivity index (χ4v) is 1.44. The standard InChI is InChI=1S/C9H11F2NO3/c10-9(11)6-3-4-12(5-6)7(13)1-2-8(14)15/h1-2,6,9H,3-5H2,(H,14,15)/b2-1+/t6-/m0/s1. The van der Waals surface area contributed by atoms with Gasteiger partial charge in [-0.1, -0.05) is 0 Å². The van der Waals surface area contributed by atoms with Gasteiger partial charge in [-0.25, -0.2) is 13.6 Å². The van der Waals surface area contributed by atoms with Gasteiger partial charge in [-0.15, -0.1) is 0 Å². The third kappa shape index (κ3) is 3.30. The first-order chi connectivity index (χ1) is 7.00. The van der Waals surface area contributed by atoms with Gasteiger partial charge < -0.3 is 10.0 Å². The van der Waals surface area contributed by atoms with Gasteiger partial charge in [-0.2, -0.15) is 0 Å². The highest BCUT2D eigenvalue weighted by molar-refractivity contribution is 5.94. The van der Waals surface area contributed by atoms with Gasteiger partial charge in [-0.05, 0) is 6.42 Å². The van der Waals surface area contributed by atoms with E-state index in [4.69, 9.17) is 5.11 Å². The maximum absolute atomic E-state index is 12.2. The second-order valence-electron chi connectivity index (χ2n) is 3.34. The molecule has 1 saturated heterocycles. The fraction of sp³-hybridized carbons (Fsp3) is 0.556. The first-order valence-electron chi connectivity index (χ1n) is 4.48. The van der Waals surface area contributed by atoms with Crippen molar-refractivity contribution in [2.24, 2.45) is 5.92 Å². The van der Waals surface area contributed by atoms with Gasteiger partial charge >= 0.3 is 5.97 Å². The summed E-state index contributed by atoms with van der Waals surface area (Å²) in [5.74, 6) is -2.54. The van der Waals surface area contributed by atoms with Crippen molar-refractivity contribution in [3.8, 4) is 0 Å². The van der Waals surface area contributed by atoms with Crippen molar-refractivity contribution in [3.05, 3.63) is 12.2 Å². The third-order valence-electron chi connectivity index (χ3n) is 2.26. The van der Waals surface area contributed by atoms with E-state index in [-0.39, 0.29) is 19.5 Å². The highest BCUT2D eigenvalue weighted by Crippen LogP contribution is 2.22. The summed E-state index contributed by atoms with van der Waals surface area (Å²) in [5, 5.41) is 8.27. The number of nitrogens with zero attached hydrogens (tertiary/aromatic N) is 1. The predicted octanol–water partition coefficient (Wildman–Crippen LogP) is 0.741. The van der Waals surface area contributed by atoms with Gasteiger partial charge in [0, 0.05) is 31.2 Å². The van der Waals surface area contributed by atoms with Crippen molar-refractivity contribution in [2.45, 2.75) is 12.8 Å². The maximum atomic E-state index is 12.2. The molecule has 1 amide bonds. The molecule has 1 aliphatic heterocycles. The topological polar surface area (TPSA) is 57.6 Å². The van der Waals surface area contributed by atoms with Gasteiger partial charge in [-0.3, -0.25) is 4.79 Å². The number of amides is 1. The van der Waals surface area contributed by atoms with Gasteiger partial charge in [0.05, 0.1) is 0 Å². The van der Waals surface area contributed by atoms with Crippen molar-refractivity contribution in [1.29, 1.82) is 0 Å². The zero-order valence-corrected chi connectivity index (χ0v) is 7.90. The molecule has 0 aromatic rings. The van der Waals surface area contributed by atoms with Crippen LogP contribution in [0.1, 0.15) is 6.42 Å². The normalized spacial score (nSPS) is 21.5. The first-order valence-corrected chi connectivity index (χ1v) is 4.48. The van der Waals surface area contributed by atoms with E-state index in [1.165, 1.54) is 4.90 Å². The van der Waals surface area contributed by atoms with E-state index in [2.05, 4.69) is 0 Å². The molecule has 0 aromatic carbocycles. The van der Waals surface area contributed by atoms with Crippen LogP contribution in [0.3, 0.4) is 0 Å². The maximum Gasteiger partial charge on any atom is 0.328 e. The Morgan fingerprint density at radius 1 is 1.40 bits per heavy atom. The lowest BCUT2D eigenvalue weighted by Crippen LogP contribution is -2.28. The van der Waals surface area contributed by atoms with Crippen LogP contribution in [0.2, 0.25) is 0 Å². The molecular formula is C9H11F2NO3. The summed E-state index contributed by atoms with van der Waals surface area (Å²) in [6, 6.07) is 0. The Kier molecular flexibility index (Phi) is 3.76. The largest absolute Gasteiger partial charge is 0.478 e. The molecule has 15 heavy (non-hydrogen) atoms. The van der Waals surface area contributed by atoms with Crippen LogP contribution >= 0.6 is 0 Å². The third-order valence-corrected chi connectivity index (χ3v) is 2.26. The Bertz CT molecular complexity index is 291. The molecule has 0 saturated carbocycles. The second-order valence-corrected chi connectivity index (χ2v) is 3.34. The van der Waals surface area contributed by atoms with Crippen LogP contribution in [0.25, 0.3) is 0 Å². The van der Waals surface area contributed by atoms with Crippen molar-refractivity contribution < 1.29 is 23.5 Å². The van der Waals surface area contributed by atoms with Crippen LogP contribution in [0.15, 0.2) is 12.2 Å². The molecule has 1 N–H and O–H groups in total. The van der Waals surface area contributed by atoms with Crippen molar-refractivity contribution in [1.82, 2.24) is 4.90 Å². The number of hydrogen-bond donors (Lipinski definition) is 1. The summed E-state index contributed by atoms with van der Waals surface area (Å²) in [5.41, 5.74) is 0. The molecule has 1 heterocycles. The molecule has 1 rings (SSSR count). The van der Waals surface area contributed by atoms with E-state index in [0.717, 1.165) is 6.08 Å². The minimum Gasteiger partial charge on any atom is -0.478 e. The van der Waals surface area contributed by atoms with Gasteiger partial charge in [0.15, 0.2) is 0 Å². The highest BCUT2D eigenvalue weighted by Gasteiger charge is 2.31. The minimum absolute atomic E-state index is 0.000455. The Labute approximate surface area is 85.2 Å². The number of carbonyl (C=O) groups is 2. The van der Waals surface area contributed by atoms with E-state index in [1.54, 1.807) is 0 Å². The van der Waals surface area contributed by atoms with Crippen LogP contribution in [0, 0.1) is 5.92 Å². The molecule has 4 nitrogen and oxygen atoms in total. The molecule has 1 aliphatic rings. The molecule has 0 radical (unpaired) electrons. The number of halogens is 2. The molecule has 84 valence electrons. The molecular weight excluding hydrogens is 208 g/mol. The quantitative estimate of drug-likeness (QED) is 0.712. The van der Waals surface area contributed by atoms with Gasteiger partial charge in [0.1, 0.15) is 0 Å². The van der Waals surface area contributed by atoms with Crippen molar-refractivity contribution >= 4 is 11.9 Å². The van der Waals surface area contributed by atoms with Crippen LogP contribution in [-0.2, 0) is 9.59 Å². The van der Waals surface area contributed by atoms with E-state index >= 15 is 0 Å². The number of likely N-dealkylation sites (tertiary alicyclic amines) is 1. The predicted molar refractivity (Wildman–Crippen MR) is 47.5 cm³/mol. The lowest BCUT2D eigenvalue weighted by atomic mass is 10.1. The molecule has 0 spiro atoms. The van der Waals surface area contributed by atoms with E-state index in [0.29, 0.717) is 6.08 Å². The Morgan fingerprint density at radius 2 is 2.07 bits per heavy atom. The van der Waals surface area contributed by atoms with Crippen LogP contribution < -0.4 is 0 Å². The molecule has 6 heteroatoms. The van der Waals surface area contributed by atoms with Crippen LogP contribution in [-0.4, -0.2) is 41.4 Å². The Hall–Kier alpha value is -1.46. The summed E-state index contributed by atoms with van der Waals surface area (Å²) in [6.45, 7) is 0.262. The van der Waals surface area contributed by atoms with Crippen LogP contribution in [0.5, 0.6) is 0 Å². The molecule has 0 bridgehead atoms. The van der Waals surface area contributed by atoms with Gasteiger partial charge in [0.25, 0.3) is 0 Å². The van der Waals surface area contributed by atoms with E-state index < -0.39 is 24.2 Å². The average molecular weight is 219 g/mol. The van der Waals surface area contributed by atoms with Gasteiger partial charge in [0.2, 0.25) is 12.3 Å². The van der Waals surface area contributed by atoms with Crippen molar-refractivity contribution in [3.63, 3.8) is 0 Å². The zero-order chi connectivity index (χ0) is 11.4. The monoisotopic (exact) mass is 219 g/mol. The molecule has 1 atom stereocenters. The second kappa shape index (κ2) is 4.86. The van der Waals surface area contributed by atoms with Crippen LogP contribution in [0.4, 0.5) is 8.78 Å². The minimum atomic E-state index is -2.42. The summed E-state index contributed by atoms with van der Waals surface area (Å²) in [6.07, 6.45) is -0.565. The smallest absolute Gasteiger partial charge is 0.328 e. The molecule has 0 aromatic heterocycles. The van der Waals surface area contributed by atoms with E-state index in [1.807, 2.05) is 0 Å². The number of carbonyl (C=O) groups excluding carboxylic acids is 1. The number of carboxylic acid groups (broad SMARTS) is 1. The molecule has 0 unspecified atom stereocenters. The highest BCUT2D eigenvalue weighted by atomic mass is 19.3. The SMILES string of the molecule is O=C(O)/C=C/C(=O)N1CC[C@H](C(F)F)C1. The number of aliphatic carboxylic acids is 1. The summed E-state index contributed by atoms with van der Waals surface area (Å²) >= 11 is 0. The Balaban J connectivity index is 2.47. The number of hydrogen-bond acceptors (Lipinski definition) is 2. The Morgan fingerprint density at radius 3 is 2.53 bits per heavy atom.